The van der Waals surface area contributed by atoms with Crippen LogP contribution in [0.3, 0.4) is 0 Å². The molecule has 0 unspecified atom stereocenters. The van der Waals surface area contributed by atoms with Crippen LogP contribution in [0.25, 0.3) is 0 Å². The van der Waals surface area contributed by atoms with Gasteiger partial charge in [-0.15, -0.1) is 0 Å². The molecule has 1 N–H and O–H groups in total. The second-order valence-corrected chi connectivity index (χ2v) is 5.61. The van der Waals surface area contributed by atoms with Crippen molar-refractivity contribution >= 4 is 11.7 Å². The SMILES string of the molecule is COC(=O)C(Nc1ccccc1C)(C(C)C)C(C)C. The summed E-state index contributed by atoms with van der Waals surface area (Å²) in [4.78, 5) is 12.3. The number of hydrogen-bond acceptors (Lipinski definition) is 3. The van der Waals surface area contributed by atoms with Gasteiger partial charge >= 0.3 is 5.97 Å². The lowest BCUT2D eigenvalue weighted by atomic mass is 9.76. The molecule has 0 aliphatic carbocycles. The van der Waals surface area contributed by atoms with Gasteiger partial charge < -0.3 is 10.1 Å². The van der Waals surface area contributed by atoms with E-state index < -0.39 is 5.54 Å². The van der Waals surface area contributed by atoms with Crippen LogP contribution in [0.2, 0.25) is 0 Å². The largest absolute Gasteiger partial charge is 0.467 e. The summed E-state index contributed by atoms with van der Waals surface area (Å²) >= 11 is 0. The number of para-hydroxylation sites is 1. The number of benzene rings is 1. The summed E-state index contributed by atoms with van der Waals surface area (Å²) in [7, 11) is 1.45. The second kappa shape index (κ2) is 6.09. The molecular formula is C16H25NO2. The predicted molar refractivity (Wildman–Crippen MR) is 79.2 cm³/mol. The molecule has 106 valence electrons. The molecule has 1 rings (SSSR count). The van der Waals surface area contributed by atoms with Gasteiger partial charge in [0, 0.05) is 5.69 Å². The van der Waals surface area contributed by atoms with Crippen LogP contribution < -0.4 is 5.32 Å². The quantitative estimate of drug-likeness (QED) is 0.824. The van der Waals surface area contributed by atoms with Crippen molar-refractivity contribution in [1.82, 2.24) is 0 Å². The topological polar surface area (TPSA) is 38.3 Å². The van der Waals surface area contributed by atoms with E-state index in [0.29, 0.717) is 0 Å². The fourth-order valence-electron chi connectivity index (χ4n) is 2.58. The van der Waals surface area contributed by atoms with Gasteiger partial charge in [-0.1, -0.05) is 45.9 Å². The van der Waals surface area contributed by atoms with E-state index in [2.05, 4.69) is 5.32 Å². The Morgan fingerprint density at radius 3 is 2.11 bits per heavy atom. The Morgan fingerprint density at radius 1 is 1.16 bits per heavy atom. The molecule has 0 atom stereocenters. The lowest BCUT2D eigenvalue weighted by Crippen LogP contribution is -2.55. The zero-order valence-electron chi connectivity index (χ0n) is 12.8. The van der Waals surface area contributed by atoms with Crippen LogP contribution in [-0.4, -0.2) is 18.6 Å². The Balaban J connectivity index is 3.25. The van der Waals surface area contributed by atoms with E-state index in [1.807, 2.05) is 58.9 Å². The number of rotatable bonds is 5. The summed E-state index contributed by atoms with van der Waals surface area (Å²) in [5, 5.41) is 3.44. The molecule has 0 amide bonds. The van der Waals surface area contributed by atoms with E-state index in [1.165, 1.54) is 7.11 Å². The van der Waals surface area contributed by atoms with Crippen LogP contribution in [0, 0.1) is 18.8 Å². The third kappa shape index (κ3) is 2.91. The molecule has 19 heavy (non-hydrogen) atoms. The van der Waals surface area contributed by atoms with Crippen LogP contribution in [0.15, 0.2) is 24.3 Å². The minimum atomic E-state index is -0.707. The van der Waals surface area contributed by atoms with Gasteiger partial charge in [0.05, 0.1) is 7.11 Å². The van der Waals surface area contributed by atoms with Gasteiger partial charge in [-0.3, -0.25) is 0 Å². The molecule has 0 aliphatic rings. The number of carbonyl (C=O) groups is 1. The summed E-state index contributed by atoms with van der Waals surface area (Å²) in [5.41, 5.74) is 1.40. The summed E-state index contributed by atoms with van der Waals surface area (Å²) in [5.74, 6) is 0.0415. The smallest absolute Gasteiger partial charge is 0.332 e. The van der Waals surface area contributed by atoms with Crippen LogP contribution in [-0.2, 0) is 9.53 Å². The van der Waals surface area contributed by atoms with Crippen molar-refractivity contribution in [1.29, 1.82) is 0 Å². The molecule has 0 saturated carbocycles. The van der Waals surface area contributed by atoms with E-state index in [1.54, 1.807) is 0 Å². The van der Waals surface area contributed by atoms with Gasteiger partial charge in [-0.25, -0.2) is 4.79 Å². The highest BCUT2D eigenvalue weighted by Gasteiger charge is 2.45. The summed E-state index contributed by atoms with van der Waals surface area (Å²) in [6.45, 7) is 10.2. The van der Waals surface area contributed by atoms with Crippen molar-refractivity contribution in [2.45, 2.75) is 40.2 Å². The first-order valence-corrected chi connectivity index (χ1v) is 6.78. The van der Waals surface area contributed by atoms with Gasteiger partial charge in [0.2, 0.25) is 0 Å². The molecule has 3 heteroatoms. The minimum absolute atomic E-state index is 0.125. The number of ether oxygens (including phenoxy) is 1. The number of nitrogens with one attached hydrogen (secondary N) is 1. The van der Waals surface area contributed by atoms with Crippen molar-refractivity contribution in [3.05, 3.63) is 29.8 Å². The highest BCUT2D eigenvalue weighted by Crippen LogP contribution is 2.33. The average Bonchev–Trinajstić information content (AvgIpc) is 2.36. The Kier molecular flexibility index (Phi) is 4.98. The van der Waals surface area contributed by atoms with E-state index in [-0.39, 0.29) is 17.8 Å². The van der Waals surface area contributed by atoms with Crippen LogP contribution in [0.5, 0.6) is 0 Å². The molecule has 0 radical (unpaired) electrons. The van der Waals surface area contributed by atoms with E-state index in [4.69, 9.17) is 4.74 Å². The highest BCUT2D eigenvalue weighted by atomic mass is 16.5. The zero-order chi connectivity index (χ0) is 14.6. The maximum Gasteiger partial charge on any atom is 0.332 e. The Hall–Kier alpha value is -1.51. The van der Waals surface area contributed by atoms with Gasteiger partial charge in [0.15, 0.2) is 0 Å². The number of methoxy groups -OCH3 is 1. The predicted octanol–water partition coefficient (Wildman–Crippen LogP) is 3.63. The minimum Gasteiger partial charge on any atom is -0.467 e. The normalized spacial score (nSPS) is 11.8. The van der Waals surface area contributed by atoms with Crippen molar-refractivity contribution in [2.75, 3.05) is 12.4 Å². The summed E-state index contributed by atoms with van der Waals surface area (Å²) in [6, 6.07) is 7.99. The zero-order valence-corrected chi connectivity index (χ0v) is 12.8. The molecule has 0 bridgehead atoms. The Bertz CT molecular complexity index is 430. The fraction of sp³-hybridized carbons (Fsp3) is 0.562. The fourth-order valence-corrected chi connectivity index (χ4v) is 2.58. The molecular weight excluding hydrogens is 238 g/mol. The lowest BCUT2D eigenvalue weighted by Gasteiger charge is -2.40. The monoisotopic (exact) mass is 263 g/mol. The van der Waals surface area contributed by atoms with Gasteiger partial charge in [0.25, 0.3) is 0 Å². The average molecular weight is 263 g/mol. The molecule has 1 aromatic carbocycles. The van der Waals surface area contributed by atoms with Crippen molar-refractivity contribution in [3.8, 4) is 0 Å². The van der Waals surface area contributed by atoms with Gasteiger partial charge in [0.1, 0.15) is 5.54 Å². The number of aryl methyl sites for hydroxylation is 1. The van der Waals surface area contributed by atoms with Crippen molar-refractivity contribution < 1.29 is 9.53 Å². The standard InChI is InChI=1S/C16H25NO2/c1-11(2)16(12(3)4,15(18)19-6)17-14-10-8-7-9-13(14)5/h7-12,17H,1-6H3. The summed E-state index contributed by atoms with van der Waals surface area (Å²) < 4.78 is 5.05. The van der Waals surface area contributed by atoms with Crippen LogP contribution >= 0.6 is 0 Å². The molecule has 0 heterocycles. The number of carbonyl (C=O) groups excluding carboxylic acids is 1. The number of hydrogen-bond donors (Lipinski definition) is 1. The Morgan fingerprint density at radius 2 is 1.68 bits per heavy atom. The first-order valence-electron chi connectivity index (χ1n) is 6.78. The van der Waals surface area contributed by atoms with Crippen molar-refractivity contribution in [3.63, 3.8) is 0 Å². The van der Waals surface area contributed by atoms with Gasteiger partial charge in [-0.05, 0) is 30.4 Å². The third-order valence-corrected chi connectivity index (χ3v) is 3.83. The van der Waals surface area contributed by atoms with Crippen LogP contribution in [0.4, 0.5) is 5.69 Å². The number of esters is 1. The highest BCUT2D eigenvalue weighted by molar-refractivity contribution is 5.85. The van der Waals surface area contributed by atoms with E-state index in [9.17, 15) is 4.79 Å². The molecule has 0 spiro atoms. The van der Waals surface area contributed by atoms with E-state index >= 15 is 0 Å². The van der Waals surface area contributed by atoms with Crippen molar-refractivity contribution in [2.24, 2.45) is 11.8 Å². The number of anilines is 1. The Labute approximate surface area is 116 Å². The molecule has 0 saturated heterocycles. The molecule has 3 nitrogen and oxygen atoms in total. The molecule has 0 aliphatic heterocycles. The third-order valence-electron chi connectivity index (χ3n) is 3.83. The maximum atomic E-state index is 12.3. The first kappa shape index (κ1) is 15.5. The first-order chi connectivity index (χ1) is 8.86. The maximum absolute atomic E-state index is 12.3. The lowest BCUT2D eigenvalue weighted by molar-refractivity contribution is -0.149. The molecule has 0 aromatic heterocycles. The second-order valence-electron chi connectivity index (χ2n) is 5.61. The molecule has 1 aromatic rings. The van der Waals surface area contributed by atoms with E-state index in [0.717, 1.165) is 11.3 Å². The summed E-state index contributed by atoms with van der Waals surface area (Å²) in [6.07, 6.45) is 0. The van der Waals surface area contributed by atoms with Gasteiger partial charge in [-0.2, -0.15) is 0 Å². The van der Waals surface area contributed by atoms with Crippen LogP contribution in [0.1, 0.15) is 33.3 Å². The molecule has 0 fully saturated rings.